The highest BCUT2D eigenvalue weighted by Crippen LogP contribution is 2.31. The fourth-order valence-corrected chi connectivity index (χ4v) is 4.48. The van der Waals surface area contributed by atoms with Crippen molar-refractivity contribution in [2.24, 2.45) is 5.92 Å². The van der Waals surface area contributed by atoms with Gasteiger partial charge in [-0.15, -0.1) is 0 Å². The van der Waals surface area contributed by atoms with Gasteiger partial charge in [0.15, 0.2) is 0 Å². The lowest BCUT2D eigenvalue weighted by Crippen LogP contribution is -2.39. The van der Waals surface area contributed by atoms with Crippen LogP contribution < -0.4 is 9.64 Å². The summed E-state index contributed by atoms with van der Waals surface area (Å²) in [5, 5.41) is 0. The average Bonchev–Trinajstić information content (AvgIpc) is 2.99. The molecule has 5 nitrogen and oxygen atoms in total. The molecule has 0 bridgehead atoms. The number of amides is 2. The second-order valence-electron chi connectivity index (χ2n) is 7.99. The van der Waals surface area contributed by atoms with Crippen molar-refractivity contribution >= 4 is 17.5 Å². The standard InChI is InChI=1S/C24H28N2O3/c1-29-22-12-10-18(11-13-22)19-7-5-6-14-25(16-19)24(28)20-15-23(27)26(17-20)21-8-3-2-4-9-21/h2-4,8-13,19-20H,5-7,14-17H2,1H3. The van der Waals surface area contributed by atoms with Gasteiger partial charge in [-0.25, -0.2) is 0 Å². The van der Waals surface area contributed by atoms with E-state index in [1.807, 2.05) is 47.4 Å². The van der Waals surface area contributed by atoms with Gasteiger partial charge in [0.2, 0.25) is 11.8 Å². The van der Waals surface area contributed by atoms with Gasteiger partial charge >= 0.3 is 0 Å². The van der Waals surface area contributed by atoms with Gasteiger partial charge < -0.3 is 14.5 Å². The minimum Gasteiger partial charge on any atom is -0.497 e. The van der Waals surface area contributed by atoms with Crippen molar-refractivity contribution < 1.29 is 14.3 Å². The Morgan fingerprint density at radius 2 is 1.76 bits per heavy atom. The van der Waals surface area contributed by atoms with E-state index in [-0.39, 0.29) is 17.7 Å². The van der Waals surface area contributed by atoms with Gasteiger partial charge in [0, 0.05) is 37.7 Å². The highest BCUT2D eigenvalue weighted by Gasteiger charge is 2.38. The SMILES string of the molecule is COc1ccc(C2CCCCN(C(=O)C3CC(=O)N(c4ccccc4)C3)C2)cc1. The lowest BCUT2D eigenvalue weighted by Gasteiger charge is -2.27. The highest BCUT2D eigenvalue weighted by molar-refractivity contribution is 6.00. The quantitative estimate of drug-likeness (QED) is 0.794. The summed E-state index contributed by atoms with van der Waals surface area (Å²) in [7, 11) is 1.67. The van der Waals surface area contributed by atoms with Crippen molar-refractivity contribution in [2.45, 2.75) is 31.6 Å². The lowest BCUT2D eigenvalue weighted by atomic mass is 9.94. The van der Waals surface area contributed by atoms with E-state index in [0.717, 1.165) is 43.8 Å². The molecule has 4 rings (SSSR count). The summed E-state index contributed by atoms with van der Waals surface area (Å²) < 4.78 is 5.26. The van der Waals surface area contributed by atoms with E-state index >= 15 is 0 Å². The third-order valence-electron chi connectivity index (χ3n) is 6.11. The molecule has 2 heterocycles. The minimum absolute atomic E-state index is 0.0380. The number of rotatable bonds is 4. The summed E-state index contributed by atoms with van der Waals surface area (Å²) in [6.45, 7) is 1.98. The molecule has 2 aliphatic heterocycles. The number of nitrogens with zero attached hydrogens (tertiary/aromatic N) is 2. The van der Waals surface area contributed by atoms with Crippen molar-refractivity contribution in [3.05, 3.63) is 60.2 Å². The number of carbonyl (C=O) groups is 2. The maximum absolute atomic E-state index is 13.3. The first-order chi connectivity index (χ1) is 14.2. The van der Waals surface area contributed by atoms with Crippen molar-refractivity contribution in [1.29, 1.82) is 0 Å². The number of hydrogen-bond acceptors (Lipinski definition) is 3. The molecular formula is C24H28N2O3. The second kappa shape index (κ2) is 8.68. The Labute approximate surface area is 172 Å². The van der Waals surface area contributed by atoms with Crippen LogP contribution in [0.2, 0.25) is 0 Å². The van der Waals surface area contributed by atoms with Crippen molar-refractivity contribution in [2.75, 3.05) is 31.6 Å². The molecule has 2 fully saturated rings. The zero-order valence-corrected chi connectivity index (χ0v) is 16.9. The van der Waals surface area contributed by atoms with E-state index < -0.39 is 0 Å². The maximum Gasteiger partial charge on any atom is 0.228 e. The molecule has 0 N–H and O–H groups in total. The molecule has 2 aromatic carbocycles. The van der Waals surface area contributed by atoms with Crippen molar-refractivity contribution in [3.8, 4) is 5.75 Å². The van der Waals surface area contributed by atoms with Crippen molar-refractivity contribution in [3.63, 3.8) is 0 Å². The summed E-state index contributed by atoms with van der Waals surface area (Å²) in [4.78, 5) is 29.6. The first kappa shape index (κ1) is 19.5. The average molecular weight is 392 g/mol. The molecule has 152 valence electrons. The van der Waals surface area contributed by atoms with Crippen molar-refractivity contribution in [1.82, 2.24) is 4.90 Å². The van der Waals surface area contributed by atoms with Gasteiger partial charge in [-0.05, 0) is 42.7 Å². The predicted octanol–water partition coefficient (Wildman–Crippen LogP) is 3.84. The number of likely N-dealkylation sites (tertiary alicyclic amines) is 1. The molecule has 2 amide bonds. The topological polar surface area (TPSA) is 49.9 Å². The monoisotopic (exact) mass is 392 g/mol. The molecular weight excluding hydrogens is 364 g/mol. The number of anilines is 1. The van der Waals surface area contributed by atoms with E-state index in [1.54, 1.807) is 12.0 Å². The number of para-hydroxylation sites is 1. The molecule has 0 aliphatic carbocycles. The summed E-state index contributed by atoms with van der Waals surface area (Å²) in [6.07, 6.45) is 3.51. The van der Waals surface area contributed by atoms with Gasteiger partial charge in [-0.2, -0.15) is 0 Å². The van der Waals surface area contributed by atoms with Crippen LogP contribution in [-0.2, 0) is 9.59 Å². The smallest absolute Gasteiger partial charge is 0.228 e. The molecule has 2 atom stereocenters. The number of benzene rings is 2. The number of carbonyl (C=O) groups excluding carboxylic acids is 2. The number of ether oxygens (including phenoxy) is 1. The van der Waals surface area contributed by atoms with Crippen LogP contribution in [0.4, 0.5) is 5.69 Å². The van der Waals surface area contributed by atoms with Crippen LogP contribution in [0.1, 0.15) is 37.2 Å². The van der Waals surface area contributed by atoms with Gasteiger partial charge in [0.25, 0.3) is 0 Å². The summed E-state index contributed by atoms with van der Waals surface area (Å²) in [6, 6.07) is 17.8. The van der Waals surface area contributed by atoms with E-state index in [0.29, 0.717) is 18.9 Å². The molecule has 2 aromatic rings. The Kier molecular flexibility index (Phi) is 5.84. The third kappa shape index (κ3) is 4.29. The van der Waals surface area contributed by atoms with Gasteiger partial charge in [0.05, 0.1) is 13.0 Å². The van der Waals surface area contributed by atoms with Crippen LogP contribution in [0.25, 0.3) is 0 Å². The first-order valence-corrected chi connectivity index (χ1v) is 10.4. The Morgan fingerprint density at radius 3 is 2.48 bits per heavy atom. The van der Waals surface area contributed by atoms with Gasteiger partial charge in [-0.1, -0.05) is 36.8 Å². The molecule has 2 aliphatic rings. The molecule has 0 spiro atoms. The number of hydrogen-bond donors (Lipinski definition) is 0. The molecule has 2 saturated heterocycles. The summed E-state index contributed by atoms with van der Waals surface area (Å²) in [5.41, 5.74) is 2.12. The first-order valence-electron chi connectivity index (χ1n) is 10.4. The van der Waals surface area contributed by atoms with Gasteiger partial charge in [0.1, 0.15) is 5.75 Å². The zero-order valence-electron chi connectivity index (χ0n) is 16.9. The predicted molar refractivity (Wildman–Crippen MR) is 113 cm³/mol. The Morgan fingerprint density at radius 1 is 1.00 bits per heavy atom. The molecule has 2 unspecified atom stereocenters. The number of methoxy groups -OCH3 is 1. The Balaban J connectivity index is 1.45. The molecule has 5 heteroatoms. The van der Waals surface area contributed by atoms with E-state index in [9.17, 15) is 9.59 Å². The zero-order chi connectivity index (χ0) is 20.2. The Hall–Kier alpha value is -2.82. The van der Waals surface area contributed by atoms with Crippen LogP contribution in [0.3, 0.4) is 0 Å². The summed E-state index contributed by atoms with van der Waals surface area (Å²) in [5.74, 6) is 1.08. The Bertz CT molecular complexity index is 850. The molecule has 0 radical (unpaired) electrons. The molecule has 0 saturated carbocycles. The largest absolute Gasteiger partial charge is 0.497 e. The summed E-state index contributed by atoms with van der Waals surface area (Å²) >= 11 is 0. The van der Waals surface area contributed by atoms with Crippen LogP contribution in [-0.4, -0.2) is 43.5 Å². The van der Waals surface area contributed by atoms with E-state index in [2.05, 4.69) is 12.1 Å². The van der Waals surface area contributed by atoms with Crippen LogP contribution >= 0.6 is 0 Å². The van der Waals surface area contributed by atoms with Gasteiger partial charge in [-0.3, -0.25) is 9.59 Å². The van der Waals surface area contributed by atoms with Crippen LogP contribution in [0.5, 0.6) is 5.75 Å². The lowest BCUT2D eigenvalue weighted by molar-refractivity contribution is -0.135. The van der Waals surface area contributed by atoms with E-state index in [1.165, 1.54) is 5.56 Å². The molecule has 0 aromatic heterocycles. The fraction of sp³-hybridized carbons (Fsp3) is 0.417. The van der Waals surface area contributed by atoms with Crippen LogP contribution in [0, 0.1) is 5.92 Å². The second-order valence-corrected chi connectivity index (χ2v) is 7.99. The minimum atomic E-state index is -0.252. The maximum atomic E-state index is 13.3. The normalized spacial score (nSPS) is 22.4. The fourth-order valence-electron chi connectivity index (χ4n) is 4.48. The third-order valence-corrected chi connectivity index (χ3v) is 6.11. The van der Waals surface area contributed by atoms with Crippen LogP contribution in [0.15, 0.2) is 54.6 Å². The van der Waals surface area contributed by atoms with E-state index in [4.69, 9.17) is 4.74 Å². The highest BCUT2D eigenvalue weighted by atomic mass is 16.5. The molecule has 29 heavy (non-hydrogen) atoms.